The van der Waals surface area contributed by atoms with E-state index in [1.54, 1.807) is 6.07 Å². The number of benzene rings is 2. The maximum absolute atomic E-state index is 13.2. The Morgan fingerprint density at radius 2 is 1.77 bits per heavy atom. The second-order valence-corrected chi connectivity index (χ2v) is 9.07. The van der Waals surface area contributed by atoms with Crippen LogP contribution in [0.5, 0.6) is 5.75 Å². The van der Waals surface area contributed by atoms with Gasteiger partial charge in [-0.2, -0.15) is 0 Å². The van der Waals surface area contributed by atoms with Gasteiger partial charge in [-0.3, -0.25) is 9.69 Å². The van der Waals surface area contributed by atoms with E-state index in [1.165, 1.54) is 0 Å². The second-order valence-electron chi connectivity index (χ2n) is 8.64. The van der Waals surface area contributed by atoms with Gasteiger partial charge in [0.25, 0.3) is 5.56 Å². The third-order valence-electron chi connectivity index (χ3n) is 6.42. The van der Waals surface area contributed by atoms with Crippen LogP contribution < -0.4 is 5.56 Å². The standard InChI is InChI=1S/C26H25ClN2O2/c27-23-10-6-18(7-11-23)5-8-20-9-12-24-22-13-19(15-29(24)26(20)31)14-28(17-22)16-21-3-1-2-4-25(21)30/h1-12,19,22,30H,13-17H2/b8-5+/t19-,22+/m0/s1. The topological polar surface area (TPSA) is 45.5 Å². The number of phenols is 1. The summed E-state index contributed by atoms with van der Waals surface area (Å²) in [5, 5.41) is 10.8. The molecule has 4 nitrogen and oxygen atoms in total. The summed E-state index contributed by atoms with van der Waals surface area (Å²) in [5.74, 6) is 1.15. The van der Waals surface area contributed by atoms with Crippen molar-refractivity contribution in [2.75, 3.05) is 13.1 Å². The van der Waals surface area contributed by atoms with Crippen LogP contribution in [-0.2, 0) is 13.1 Å². The Kier molecular flexibility index (Phi) is 5.43. The lowest BCUT2D eigenvalue weighted by molar-refractivity contribution is 0.113. The minimum atomic E-state index is 0.0894. The van der Waals surface area contributed by atoms with Gasteiger partial charge in [-0.1, -0.05) is 48.0 Å². The molecule has 2 atom stereocenters. The van der Waals surface area contributed by atoms with E-state index in [2.05, 4.69) is 11.0 Å². The van der Waals surface area contributed by atoms with Gasteiger partial charge in [0.15, 0.2) is 0 Å². The van der Waals surface area contributed by atoms with Gasteiger partial charge in [0.2, 0.25) is 0 Å². The monoisotopic (exact) mass is 432 g/mol. The highest BCUT2D eigenvalue weighted by Crippen LogP contribution is 2.36. The molecule has 0 aliphatic carbocycles. The number of fused-ring (bicyclic) bond motifs is 4. The lowest BCUT2D eigenvalue weighted by atomic mass is 9.82. The van der Waals surface area contributed by atoms with Crippen LogP contribution in [0.4, 0.5) is 0 Å². The van der Waals surface area contributed by atoms with Crippen molar-refractivity contribution in [2.24, 2.45) is 5.92 Å². The lowest BCUT2D eigenvalue weighted by Gasteiger charge is -2.43. The molecule has 5 rings (SSSR count). The smallest absolute Gasteiger partial charge is 0.258 e. The molecule has 3 heterocycles. The first-order valence-electron chi connectivity index (χ1n) is 10.7. The van der Waals surface area contributed by atoms with Crippen LogP contribution in [0.3, 0.4) is 0 Å². The first-order chi connectivity index (χ1) is 15.1. The van der Waals surface area contributed by atoms with Crippen molar-refractivity contribution in [2.45, 2.75) is 25.4 Å². The Balaban J connectivity index is 1.37. The molecule has 3 aromatic rings. The number of nitrogens with zero attached hydrogens (tertiary/aromatic N) is 2. The van der Waals surface area contributed by atoms with Crippen LogP contribution in [-0.4, -0.2) is 27.7 Å². The molecular weight excluding hydrogens is 408 g/mol. The Morgan fingerprint density at radius 1 is 0.968 bits per heavy atom. The van der Waals surface area contributed by atoms with Crippen molar-refractivity contribution in [3.8, 4) is 5.75 Å². The molecule has 0 amide bonds. The molecule has 0 unspecified atom stereocenters. The van der Waals surface area contributed by atoms with Crippen LogP contribution in [0, 0.1) is 5.92 Å². The summed E-state index contributed by atoms with van der Waals surface area (Å²) in [6.07, 6.45) is 4.97. The largest absolute Gasteiger partial charge is 0.508 e. The van der Waals surface area contributed by atoms with Crippen molar-refractivity contribution < 1.29 is 5.11 Å². The van der Waals surface area contributed by atoms with Crippen LogP contribution in [0.1, 0.15) is 34.7 Å². The van der Waals surface area contributed by atoms with Crippen LogP contribution in [0.2, 0.25) is 5.02 Å². The fraction of sp³-hybridized carbons (Fsp3) is 0.269. The fourth-order valence-electron chi connectivity index (χ4n) is 4.96. The molecule has 31 heavy (non-hydrogen) atoms. The molecule has 5 heteroatoms. The number of phenolic OH excluding ortho intramolecular Hbond substituents is 1. The van der Waals surface area contributed by atoms with Gasteiger partial charge < -0.3 is 9.67 Å². The summed E-state index contributed by atoms with van der Waals surface area (Å²) in [6.45, 7) is 3.35. The number of pyridine rings is 1. The third kappa shape index (κ3) is 4.18. The zero-order chi connectivity index (χ0) is 21.4. The van der Waals surface area contributed by atoms with Crippen molar-refractivity contribution in [3.63, 3.8) is 0 Å². The van der Waals surface area contributed by atoms with E-state index >= 15 is 0 Å². The Morgan fingerprint density at radius 3 is 2.58 bits per heavy atom. The molecule has 0 saturated carbocycles. The molecule has 1 saturated heterocycles. The van der Waals surface area contributed by atoms with Crippen LogP contribution in [0.15, 0.2) is 65.5 Å². The number of rotatable bonds is 4. The van der Waals surface area contributed by atoms with Crippen molar-refractivity contribution in [1.82, 2.24) is 9.47 Å². The van der Waals surface area contributed by atoms with E-state index in [1.807, 2.05) is 65.3 Å². The minimum absolute atomic E-state index is 0.0894. The third-order valence-corrected chi connectivity index (χ3v) is 6.67. The number of hydrogen-bond acceptors (Lipinski definition) is 3. The molecule has 158 valence electrons. The summed E-state index contributed by atoms with van der Waals surface area (Å²) in [6, 6.07) is 19.2. The molecule has 0 spiro atoms. The average Bonchev–Trinajstić information content (AvgIpc) is 2.76. The van der Waals surface area contributed by atoms with Gasteiger partial charge in [-0.15, -0.1) is 0 Å². The van der Waals surface area contributed by atoms with Gasteiger partial charge in [-0.25, -0.2) is 0 Å². The lowest BCUT2D eigenvalue weighted by Crippen LogP contribution is -2.47. The Labute approximate surface area is 187 Å². The van der Waals surface area contributed by atoms with Crippen LogP contribution in [0.25, 0.3) is 12.2 Å². The number of aromatic nitrogens is 1. The van der Waals surface area contributed by atoms with Crippen molar-refractivity contribution in [3.05, 3.63) is 98.4 Å². The second kappa shape index (κ2) is 8.37. The van der Waals surface area contributed by atoms with Gasteiger partial charge >= 0.3 is 0 Å². The van der Waals surface area contributed by atoms with Gasteiger partial charge in [0, 0.05) is 53.9 Å². The van der Waals surface area contributed by atoms with E-state index in [-0.39, 0.29) is 5.56 Å². The van der Waals surface area contributed by atoms with Gasteiger partial charge in [-0.05, 0) is 54.3 Å². The van der Waals surface area contributed by atoms with E-state index in [0.29, 0.717) is 28.2 Å². The molecule has 1 N–H and O–H groups in total. The fourth-order valence-corrected chi connectivity index (χ4v) is 5.09. The number of halogens is 1. The van der Waals surface area contributed by atoms with E-state index < -0.39 is 0 Å². The average molecular weight is 433 g/mol. The maximum atomic E-state index is 13.2. The van der Waals surface area contributed by atoms with E-state index in [0.717, 1.165) is 49.4 Å². The summed E-state index contributed by atoms with van der Waals surface area (Å²) in [7, 11) is 0. The Bertz CT molecular complexity index is 1180. The molecular formula is C26H25ClN2O2. The molecule has 2 aromatic carbocycles. The number of aromatic hydroxyl groups is 1. The first kappa shape index (κ1) is 20.1. The predicted molar refractivity (Wildman–Crippen MR) is 125 cm³/mol. The summed E-state index contributed by atoms with van der Waals surface area (Å²) < 4.78 is 1.98. The van der Waals surface area contributed by atoms with E-state index in [4.69, 9.17) is 11.6 Å². The van der Waals surface area contributed by atoms with Crippen molar-refractivity contribution >= 4 is 23.8 Å². The zero-order valence-corrected chi connectivity index (χ0v) is 18.0. The highest BCUT2D eigenvalue weighted by molar-refractivity contribution is 6.30. The predicted octanol–water partition coefficient (Wildman–Crippen LogP) is 5.00. The number of para-hydroxylation sites is 1. The molecule has 2 bridgehead atoms. The molecule has 1 aromatic heterocycles. The molecule has 2 aliphatic heterocycles. The Hall–Kier alpha value is -2.82. The van der Waals surface area contributed by atoms with Gasteiger partial charge in [0.05, 0.1) is 0 Å². The zero-order valence-electron chi connectivity index (χ0n) is 17.2. The first-order valence-corrected chi connectivity index (χ1v) is 11.1. The molecule has 2 aliphatic rings. The minimum Gasteiger partial charge on any atom is -0.508 e. The summed E-state index contributed by atoms with van der Waals surface area (Å²) in [4.78, 5) is 15.6. The number of hydrogen-bond donors (Lipinski definition) is 1. The van der Waals surface area contributed by atoms with Gasteiger partial charge in [0.1, 0.15) is 5.75 Å². The quantitative estimate of drug-likeness (QED) is 0.631. The normalized spacial score (nSPS) is 20.7. The SMILES string of the molecule is O=c1c(/C=C/c2ccc(Cl)cc2)ccc2n1C[C@H]1C[C@@H]2CN(Cc2ccccc2O)C1. The molecule has 1 fully saturated rings. The summed E-state index contributed by atoms with van der Waals surface area (Å²) >= 11 is 5.95. The van der Waals surface area contributed by atoms with Crippen molar-refractivity contribution in [1.29, 1.82) is 0 Å². The summed E-state index contributed by atoms with van der Waals surface area (Å²) in [5.41, 5.74) is 3.91. The number of likely N-dealkylation sites (tertiary alicyclic amines) is 1. The van der Waals surface area contributed by atoms with Crippen LogP contribution >= 0.6 is 11.6 Å². The van der Waals surface area contributed by atoms with E-state index in [9.17, 15) is 9.90 Å². The highest BCUT2D eigenvalue weighted by Gasteiger charge is 2.34. The highest BCUT2D eigenvalue weighted by atomic mass is 35.5. The maximum Gasteiger partial charge on any atom is 0.258 e. The molecule has 0 radical (unpaired) electrons. The number of piperidine rings is 1.